The van der Waals surface area contributed by atoms with Crippen molar-refractivity contribution in [2.24, 2.45) is 9.98 Å². The summed E-state index contributed by atoms with van der Waals surface area (Å²) in [6, 6.07) is 23.3. The number of nitrogens with zero attached hydrogens (tertiary/aromatic N) is 3. The molecule has 1 N–H and O–H groups in total. The maximum Gasteiger partial charge on any atom is 0.157 e. The van der Waals surface area contributed by atoms with Gasteiger partial charge in [-0.1, -0.05) is 60.7 Å². The number of aliphatic hydroxyl groups excluding tert-OH is 1. The minimum atomic E-state index is -0.648. The largest absolute Gasteiger partial charge is 0.390 e. The molecule has 0 amide bonds. The molecule has 0 saturated heterocycles. The van der Waals surface area contributed by atoms with Gasteiger partial charge >= 0.3 is 0 Å². The zero-order valence-corrected chi connectivity index (χ0v) is 14.2. The molecule has 3 aromatic rings. The SMILES string of the molecule is OC(Cc1ccccc1)C1N=C(c2cccnc2)N=C1c1ccccc1. The van der Waals surface area contributed by atoms with Gasteiger partial charge in [-0.15, -0.1) is 0 Å². The molecular weight excluding hydrogens is 322 g/mol. The van der Waals surface area contributed by atoms with Crippen LogP contribution in [0.4, 0.5) is 0 Å². The molecule has 4 rings (SSSR count). The average molecular weight is 341 g/mol. The minimum Gasteiger partial charge on any atom is -0.390 e. The molecule has 0 aliphatic carbocycles. The number of benzene rings is 2. The van der Waals surface area contributed by atoms with E-state index >= 15 is 0 Å². The summed E-state index contributed by atoms with van der Waals surface area (Å²) in [5.41, 5.74) is 3.72. The van der Waals surface area contributed by atoms with Gasteiger partial charge < -0.3 is 5.11 Å². The summed E-state index contributed by atoms with van der Waals surface area (Å²) < 4.78 is 0. The van der Waals surface area contributed by atoms with Gasteiger partial charge in [0, 0.05) is 24.4 Å². The van der Waals surface area contributed by atoms with Crippen LogP contribution in [0.5, 0.6) is 0 Å². The van der Waals surface area contributed by atoms with Gasteiger partial charge in [0.1, 0.15) is 6.04 Å². The van der Waals surface area contributed by atoms with Crippen LogP contribution in [-0.4, -0.2) is 33.8 Å². The van der Waals surface area contributed by atoms with Gasteiger partial charge in [0.25, 0.3) is 0 Å². The summed E-state index contributed by atoms with van der Waals surface area (Å²) in [6.45, 7) is 0. The Balaban J connectivity index is 1.68. The standard InChI is InChI=1S/C22H19N3O/c26-19(14-16-8-3-1-4-9-16)21-20(17-10-5-2-6-11-17)24-22(25-21)18-12-7-13-23-15-18/h1-13,15,19,21,26H,14H2. The van der Waals surface area contributed by atoms with Crippen molar-refractivity contribution in [3.63, 3.8) is 0 Å². The zero-order chi connectivity index (χ0) is 17.8. The van der Waals surface area contributed by atoms with E-state index in [0.717, 1.165) is 22.4 Å². The van der Waals surface area contributed by atoms with Crippen molar-refractivity contribution in [3.05, 3.63) is 102 Å². The normalized spacial score (nSPS) is 17.5. The Morgan fingerprint density at radius 1 is 0.846 bits per heavy atom. The van der Waals surface area contributed by atoms with Gasteiger partial charge in [0.2, 0.25) is 0 Å². The van der Waals surface area contributed by atoms with Crippen LogP contribution in [0, 0.1) is 0 Å². The van der Waals surface area contributed by atoms with Crippen LogP contribution in [0.15, 0.2) is 95.2 Å². The first-order valence-corrected chi connectivity index (χ1v) is 8.65. The van der Waals surface area contributed by atoms with Gasteiger partial charge in [0.15, 0.2) is 5.84 Å². The average Bonchev–Trinajstić information content (AvgIpc) is 3.16. The van der Waals surface area contributed by atoms with E-state index in [1.165, 1.54) is 0 Å². The lowest BCUT2D eigenvalue weighted by Crippen LogP contribution is -2.32. The molecule has 2 aromatic carbocycles. The molecule has 2 unspecified atom stereocenters. The summed E-state index contributed by atoms with van der Waals surface area (Å²) in [4.78, 5) is 13.6. The Labute approximate surface area is 152 Å². The summed E-state index contributed by atoms with van der Waals surface area (Å²) >= 11 is 0. The van der Waals surface area contributed by atoms with Crippen LogP contribution in [0.3, 0.4) is 0 Å². The van der Waals surface area contributed by atoms with Crippen LogP contribution in [0.2, 0.25) is 0 Å². The lowest BCUT2D eigenvalue weighted by molar-refractivity contribution is 0.168. The third-order valence-electron chi connectivity index (χ3n) is 4.41. The Morgan fingerprint density at radius 2 is 1.54 bits per heavy atom. The third kappa shape index (κ3) is 3.46. The molecule has 2 atom stereocenters. The molecule has 26 heavy (non-hydrogen) atoms. The number of hydrogen-bond donors (Lipinski definition) is 1. The second kappa shape index (κ2) is 7.42. The molecule has 0 bridgehead atoms. The van der Waals surface area contributed by atoms with Gasteiger partial charge in [-0.2, -0.15) is 0 Å². The van der Waals surface area contributed by atoms with E-state index in [9.17, 15) is 5.11 Å². The summed E-state index contributed by atoms with van der Waals surface area (Å²) in [6.07, 6.45) is 3.35. The number of aliphatic imine (C=N–C) groups is 2. The summed E-state index contributed by atoms with van der Waals surface area (Å²) in [5.74, 6) is 0.620. The molecule has 1 aromatic heterocycles. The maximum atomic E-state index is 10.9. The molecular formula is C22H19N3O. The summed E-state index contributed by atoms with van der Waals surface area (Å²) in [7, 11) is 0. The van der Waals surface area contributed by atoms with Crippen molar-refractivity contribution in [1.29, 1.82) is 0 Å². The Morgan fingerprint density at radius 3 is 2.23 bits per heavy atom. The Kier molecular flexibility index (Phi) is 4.67. The topological polar surface area (TPSA) is 57.8 Å². The number of aliphatic hydroxyl groups is 1. The molecule has 128 valence electrons. The van der Waals surface area contributed by atoms with E-state index in [2.05, 4.69) is 4.98 Å². The van der Waals surface area contributed by atoms with E-state index in [4.69, 9.17) is 9.98 Å². The molecule has 4 heteroatoms. The zero-order valence-electron chi connectivity index (χ0n) is 14.2. The van der Waals surface area contributed by atoms with Crippen molar-refractivity contribution in [1.82, 2.24) is 4.98 Å². The van der Waals surface area contributed by atoms with Crippen LogP contribution in [0.1, 0.15) is 16.7 Å². The number of aromatic nitrogens is 1. The quantitative estimate of drug-likeness (QED) is 0.774. The molecule has 1 aliphatic heterocycles. The van der Waals surface area contributed by atoms with Crippen molar-refractivity contribution >= 4 is 11.5 Å². The van der Waals surface area contributed by atoms with Crippen molar-refractivity contribution in [2.75, 3.05) is 0 Å². The van der Waals surface area contributed by atoms with Gasteiger partial charge in [-0.25, -0.2) is 4.99 Å². The monoisotopic (exact) mass is 341 g/mol. The second-order valence-electron chi connectivity index (χ2n) is 6.26. The number of hydrogen-bond acceptors (Lipinski definition) is 4. The van der Waals surface area contributed by atoms with E-state index in [-0.39, 0.29) is 0 Å². The predicted octanol–water partition coefficient (Wildman–Crippen LogP) is 3.30. The Hall–Kier alpha value is -3.11. The smallest absolute Gasteiger partial charge is 0.157 e. The third-order valence-corrected chi connectivity index (χ3v) is 4.41. The maximum absolute atomic E-state index is 10.9. The predicted molar refractivity (Wildman–Crippen MR) is 104 cm³/mol. The molecule has 1 aliphatic rings. The van der Waals surface area contributed by atoms with E-state index in [1.54, 1.807) is 12.4 Å². The van der Waals surface area contributed by atoms with Crippen LogP contribution in [0.25, 0.3) is 0 Å². The van der Waals surface area contributed by atoms with Gasteiger partial charge in [-0.3, -0.25) is 9.98 Å². The van der Waals surface area contributed by atoms with Crippen molar-refractivity contribution in [3.8, 4) is 0 Å². The molecule has 0 fully saturated rings. The van der Waals surface area contributed by atoms with Crippen LogP contribution >= 0.6 is 0 Å². The highest BCUT2D eigenvalue weighted by Crippen LogP contribution is 2.21. The lowest BCUT2D eigenvalue weighted by Gasteiger charge is -2.18. The fourth-order valence-corrected chi connectivity index (χ4v) is 3.12. The van der Waals surface area contributed by atoms with Gasteiger partial charge in [-0.05, 0) is 23.3 Å². The second-order valence-corrected chi connectivity index (χ2v) is 6.26. The first-order chi connectivity index (χ1) is 12.8. The number of amidine groups is 1. The highest BCUT2D eigenvalue weighted by atomic mass is 16.3. The highest BCUT2D eigenvalue weighted by Gasteiger charge is 2.31. The first kappa shape index (κ1) is 16.4. The van der Waals surface area contributed by atoms with E-state index in [0.29, 0.717) is 12.3 Å². The van der Waals surface area contributed by atoms with Gasteiger partial charge in [0.05, 0.1) is 11.8 Å². The lowest BCUT2D eigenvalue weighted by atomic mass is 9.95. The molecule has 0 saturated carbocycles. The molecule has 0 spiro atoms. The summed E-state index contributed by atoms with van der Waals surface area (Å²) in [5, 5.41) is 10.9. The Bertz CT molecular complexity index is 921. The van der Waals surface area contributed by atoms with Crippen LogP contribution < -0.4 is 0 Å². The fraction of sp³-hybridized carbons (Fsp3) is 0.136. The minimum absolute atomic E-state index is 0.396. The number of pyridine rings is 1. The van der Waals surface area contributed by atoms with Crippen molar-refractivity contribution < 1.29 is 5.11 Å². The number of rotatable bonds is 5. The molecule has 2 heterocycles. The first-order valence-electron chi connectivity index (χ1n) is 8.65. The van der Waals surface area contributed by atoms with E-state index < -0.39 is 12.1 Å². The fourth-order valence-electron chi connectivity index (χ4n) is 3.12. The molecule has 4 nitrogen and oxygen atoms in total. The van der Waals surface area contributed by atoms with Crippen LogP contribution in [-0.2, 0) is 6.42 Å². The van der Waals surface area contributed by atoms with Crippen molar-refractivity contribution in [2.45, 2.75) is 18.6 Å². The van der Waals surface area contributed by atoms with E-state index in [1.807, 2.05) is 72.8 Å². The highest BCUT2D eigenvalue weighted by molar-refractivity contribution is 6.18. The molecule has 0 radical (unpaired) electrons.